The normalized spacial score (nSPS) is 9.86. The van der Waals surface area contributed by atoms with Crippen molar-refractivity contribution in [3.63, 3.8) is 0 Å². The van der Waals surface area contributed by atoms with Gasteiger partial charge in [0.2, 0.25) is 11.2 Å². The quantitative estimate of drug-likeness (QED) is 0.328. The third-order valence-corrected chi connectivity index (χ3v) is 3.14. The van der Waals surface area contributed by atoms with Gasteiger partial charge < -0.3 is 9.47 Å². The molecule has 1 aromatic heterocycles. The molecule has 0 aliphatic heterocycles. The third kappa shape index (κ3) is 6.95. The zero-order valence-corrected chi connectivity index (χ0v) is 13.0. The molecule has 11 heteroatoms. The van der Waals surface area contributed by atoms with Gasteiger partial charge in [-0.3, -0.25) is 10.2 Å². The first-order valence-corrected chi connectivity index (χ1v) is 7.12. The predicted octanol–water partition coefficient (Wildman–Crippen LogP) is 1.25. The number of thioether (sulfide) groups is 1. The Morgan fingerprint density at radius 1 is 1.24 bits per heavy atom. The highest BCUT2D eigenvalue weighted by molar-refractivity contribution is 7.99. The SMILES string of the molecule is COC(=O)CCCSc1nc(Cl)nc(NNC(=O)OC)n1. The van der Waals surface area contributed by atoms with Gasteiger partial charge in [-0.25, -0.2) is 10.2 Å². The van der Waals surface area contributed by atoms with E-state index in [-0.39, 0.29) is 17.2 Å². The van der Waals surface area contributed by atoms with E-state index < -0.39 is 6.09 Å². The fourth-order valence-corrected chi connectivity index (χ4v) is 2.08. The van der Waals surface area contributed by atoms with E-state index in [9.17, 15) is 9.59 Å². The number of nitrogens with zero attached hydrogens (tertiary/aromatic N) is 3. The summed E-state index contributed by atoms with van der Waals surface area (Å²) >= 11 is 7.05. The van der Waals surface area contributed by atoms with Crippen molar-refractivity contribution in [2.45, 2.75) is 18.0 Å². The molecule has 1 heterocycles. The van der Waals surface area contributed by atoms with Crippen LogP contribution in [0, 0.1) is 0 Å². The van der Waals surface area contributed by atoms with Crippen LogP contribution in [0.1, 0.15) is 12.8 Å². The number of nitrogens with one attached hydrogen (secondary N) is 2. The van der Waals surface area contributed by atoms with Crippen molar-refractivity contribution in [2.75, 3.05) is 25.4 Å². The predicted molar refractivity (Wildman–Crippen MR) is 76.0 cm³/mol. The summed E-state index contributed by atoms with van der Waals surface area (Å²) in [5.74, 6) is 0.420. The number of methoxy groups -OCH3 is 2. The lowest BCUT2D eigenvalue weighted by Gasteiger charge is -2.07. The number of rotatable bonds is 7. The van der Waals surface area contributed by atoms with Crippen LogP contribution in [-0.4, -0.2) is 47.0 Å². The van der Waals surface area contributed by atoms with Gasteiger partial charge in [0, 0.05) is 12.2 Å². The van der Waals surface area contributed by atoms with Gasteiger partial charge in [-0.2, -0.15) is 15.0 Å². The lowest BCUT2D eigenvalue weighted by atomic mass is 10.3. The minimum atomic E-state index is -0.696. The number of anilines is 1. The largest absolute Gasteiger partial charge is 0.469 e. The molecule has 1 aromatic rings. The molecule has 0 atom stereocenters. The van der Waals surface area contributed by atoms with Gasteiger partial charge in [-0.1, -0.05) is 11.8 Å². The van der Waals surface area contributed by atoms with Crippen LogP contribution < -0.4 is 10.9 Å². The smallest absolute Gasteiger partial charge is 0.425 e. The fraction of sp³-hybridized carbons (Fsp3) is 0.500. The minimum Gasteiger partial charge on any atom is -0.469 e. The van der Waals surface area contributed by atoms with Crippen molar-refractivity contribution < 1.29 is 19.1 Å². The van der Waals surface area contributed by atoms with E-state index in [1.807, 2.05) is 0 Å². The van der Waals surface area contributed by atoms with Gasteiger partial charge in [0.05, 0.1) is 14.2 Å². The van der Waals surface area contributed by atoms with Crippen molar-refractivity contribution in [2.24, 2.45) is 0 Å². The van der Waals surface area contributed by atoms with E-state index in [1.165, 1.54) is 26.0 Å². The molecule has 0 saturated heterocycles. The summed E-state index contributed by atoms with van der Waals surface area (Å²) in [4.78, 5) is 33.6. The Morgan fingerprint density at radius 2 is 2.00 bits per heavy atom. The Bertz CT molecular complexity index is 504. The molecule has 0 aliphatic rings. The van der Waals surface area contributed by atoms with E-state index in [2.05, 4.69) is 35.3 Å². The summed E-state index contributed by atoms with van der Waals surface area (Å²) in [6.07, 6.45) is 0.236. The van der Waals surface area contributed by atoms with Gasteiger partial charge in [-0.15, -0.1) is 0 Å². The second kappa shape index (κ2) is 9.19. The molecule has 21 heavy (non-hydrogen) atoms. The molecule has 0 aromatic carbocycles. The molecule has 0 unspecified atom stereocenters. The number of esters is 1. The molecular weight excluding hydrogens is 322 g/mol. The molecule has 0 radical (unpaired) electrons. The molecule has 1 amide bonds. The fourth-order valence-electron chi connectivity index (χ4n) is 1.09. The van der Waals surface area contributed by atoms with Crippen molar-refractivity contribution >= 4 is 41.4 Å². The lowest BCUT2D eigenvalue weighted by molar-refractivity contribution is -0.140. The maximum atomic E-state index is 11.0. The second-order valence-electron chi connectivity index (χ2n) is 3.48. The van der Waals surface area contributed by atoms with Crippen LogP contribution in [0.3, 0.4) is 0 Å². The van der Waals surface area contributed by atoms with E-state index in [1.54, 1.807) is 0 Å². The molecule has 0 fully saturated rings. The molecule has 9 nitrogen and oxygen atoms in total. The molecule has 0 aliphatic carbocycles. The lowest BCUT2D eigenvalue weighted by Crippen LogP contribution is -2.30. The summed E-state index contributed by atoms with van der Waals surface area (Å²) in [6.45, 7) is 0. The molecular formula is C10H14ClN5O4S. The monoisotopic (exact) mass is 335 g/mol. The summed E-state index contributed by atoms with van der Waals surface area (Å²) in [5.41, 5.74) is 4.64. The highest BCUT2D eigenvalue weighted by atomic mass is 35.5. The Labute approximate surface area is 130 Å². The standard InChI is InChI=1S/C10H14ClN5O4S/c1-19-6(17)4-3-5-21-9-13-7(11)12-8(14-9)15-16-10(18)20-2/h3-5H2,1-2H3,(H,16,18)(H,12,13,14,15). The van der Waals surface area contributed by atoms with E-state index in [0.29, 0.717) is 23.8 Å². The van der Waals surface area contributed by atoms with Gasteiger partial charge in [-0.05, 0) is 18.0 Å². The molecule has 0 saturated carbocycles. The number of carbonyl (C=O) groups is 2. The molecule has 0 bridgehead atoms. The maximum Gasteiger partial charge on any atom is 0.425 e. The first-order valence-electron chi connectivity index (χ1n) is 5.76. The maximum absolute atomic E-state index is 11.0. The first-order chi connectivity index (χ1) is 10.0. The topological polar surface area (TPSA) is 115 Å². The number of carbonyl (C=O) groups excluding carboxylic acids is 2. The number of ether oxygens (including phenoxy) is 2. The minimum absolute atomic E-state index is 0.0189. The number of halogens is 1. The van der Waals surface area contributed by atoms with Gasteiger partial charge in [0.15, 0.2) is 5.16 Å². The summed E-state index contributed by atoms with van der Waals surface area (Å²) in [5, 5.41) is 0.351. The number of hydrazine groups is 1. The summed E-state index contributed by atoms with van der Waals surface area (Å²) in [6, 6.07) is 0. The second-order valence-corrected chi connectivity index (χ2v) is 4.88. The van der Waals surface area contributed by atoms with Crippen LogP contribution in [-0.2, 0) is 14.3 Å². The number of hydrogen-bond acceptors (Lipinski definition) is 9. The van der Waals surface area contributed by atoms with E-state index in [4.69, 9.17) is 11.6 Å². The highest BCUT2D eigenvalue weighted by Gasteiger charge is 2.07. The number of hydrogen-bond donors (Lipinski definition) is 2. The molecule has 0 spiro atoms. The zero-order chi connectivity index (χ0) is 15.7. The number of amides is 1. The van der Waals surface area contributed by atoms with E-state index >= 15 is 0 Å². The molecule has 2 N–H and O–H groups in total. The number of aromatic nitrogens is 3. The van der Waals surface area contributed by atoms with Gasteiger partial charge in [0.25, 0.3) is 0 Å². The highest BCUT2D eigenvalue weighted by Crippen LogP contribution is 2.17. The van der Waals surface area contributed by atoms with Crippen molar-refractivity contribution in [3.05, 3.63) is 5.28 Å². The van der Waals surface area contributed by atoms with Gasteiger partial charge in [0.1, 0.15) is 0 Å². The zero-order valence-electron chi connectivity index (χ0n) is 11.4. The van der Waals surface area contributed by atoms with Crippen LogP contribution in [0.5, 0.6) is 0 Å². The summed E-state index contributed by atoms with van der Waals surface area (Å²) in [7, 11) is 2.56. The third-order valence-electron chi connectivity index (χ3n) is 2.03. The average molecular weight is 336 g/mol. The van der Waals surface area contributed by atoms with E-state index in [0.717, 1.165) is 0 Å². The van der Waals surface area contributed by atoms with Crippen LogP contribution in [0.4, 0.5) is 10.7 Å². The molecule has 116 valence electrons. The van der Waals surface area contributed by atoms with Crippen LogP contribution in [0.15, 0.2) is 5.16 Å². The van der Waals surface area contributed by atoms with Crippen LogP contribution >= 0.6 is 23.4 Å². The Balaban J connectivity index is 2.49. The Kier molecular flexibility index (Phi) is 7.54. The van der Waals surface area contributed by atoms with Crippen molar-refractivity contribution in [1.82, 2.24) is 20.4 Å². The van der Waals surface area contributed by atoms with Crippen LogP contribution in [0.2, 0.25) is 5.28 Å². The Morgan fingerprint density at radius 3 is 2.67 bits per heavy atom. The molecule has 1 rings (SSSR count). The van der Waals surface area contributed by atoms with Gasteiger partial charge >= 0.3 is 12.1 Å². The van der Waals surface area contributed by atoms with Crippen molar-refractivity contribution in [3.8, 4) is 0 Å². The Hall–Kier alpha value is -1.81. The first kappa shape index (κ1) is 17.2. The van der Waals surface area contributed by atoms with Crippen molar-refractivity contribution in [1.29, 1.82) is 0 Å². The average Bonchev–Trinajstić information content (AvgIpc) is 2.48. The summed E-state index contributed by atoms with van der Waals surface area (Å²) < 4.78 is 8.91. The van der Waals surface area contributed by atoms with Crippen LogP contribution in [0.25, 0.3) is 0 Å².